The minimum absolute atomic E-state index is 0.408. The third kappa shape index (κ3) is 6.60. The van der Waals surface area contributed by atoms with Crippen molar-refractivity contribution in [2.75, 3.05) is 6.54 Å². The third-order valence-electron chi connectivity index (χ3n) is 0.521. The molecular weight excluding hydrogens is 204 g/mol. The Morgan fingerprint density at radius 2 is 2.10 bits per heavy atom. The maximum absolute atomic E-state index is 5.22. The zero-order valence-electron chi connectivity index (χ0n) is 5.42. The average molecular weight is 212 g/mol. The Balaban J connectivity index is 3.30. The van der Waals surface area contributed by atoms with Gasteiger partial charge >= 0.3 is 0 Å². The Hall–Kier alpha value is 0.480. The Morgan fingerprint density at radius 1 is 1.50 bits per heavy atom. The summed E-state index contributed by atoms with van der Waals surface area (Å²) in [4.78, 5) is 0. The van der Waals surface area contributed by atoms with Gasteiger partial charge in [0.05, 0.1) is 0 Å². The molecule has 6 heteroatoms. The molecule has 0 rings (SSSR count). The van der Waals surface area contributed by atoms with E-state index in [0.29, 0.717) is 4.32 Å². The molecule has 0 fully saturated rings. The van der Waals surface area contributed by atoms with Gasteiger partial charge in [0.15, 0.2) is 0 Å². The second kappa shape index (κ2) is 6.21. The van der Waals surface area contributed by atoms with Crippen LogP contribution in [0, 0.1) is 0 Å². The van der Waals surface area contributed by atoms with E-state index in [1.54, 1.807) is 0 Å². The molecule has 0 radical (unpaired) electrons. The summed E-state index contributed by atoms with van der Waals surface area (Å²) in [5, 5.41) is 2.96. The van der Waals surface area contributed by atoms with Crippen LogP contribution < -0.4 is 11.1 Å². The normalized spacial score (nSPS) is 8.90. The summed E-state index contributed by atoms with van der Waals surface area (Å²) < 4.78 is 1.13. The van der Waals surface area contributed by atoms with Gasteiger partial charge in [-0.1, -0.05) is 24.4 Å². The van der Waals surface area contributed by atoms with E-state index in [1.807, 2.05) is 6.92 Å². The molecule has 0 spiro atoms. The molecule has 3 N–H and O–H groups in total. The fourth-order valence-electron chi connectivity index (χ4n) is 0.253. The zero-order valence-corrected chi connectivity index (χ0v) is 8.68. The lowest BCUT2D eigenvalue weighted by Gasteiger charge is -2.01. The fraction of sp³-hybridized carbons (Fsp3) is 0.500. The van der Waals surface area contributed by atoms with Crippen molar-refractivity contribution < 1.29 is 0 Å². The van der Waals surface area contributed by atoms with Gasteiger partial charge in [-0.2, -0.15) is 0 Å². The second-order valence-corrected chi connectivity index (χ2v) is 4.85. The van der Waals surface area contributed by atoms with Crippen molar-refractivity contribution in [1.82, 2.24) is 5.32 Å². The van der Waals surface area contributed by atoms with Gasteiger partial charge in [-0.25, -0.2) is 0 Å². The van der Waals surface area contributed by atoms with Gasteiger partial charge < -0.3 is 11.1 Å². The van der Waals surface area contributed by atoms with Gasteiger partial charge in [0.1, 0.15) is 8.64 Å². The summed E-state index contributed by atoms with van der Waals surface area (Å²) in [5.41, 5.74) is 5.22. The molecule has 0 aromatic rings. The minimum atomic E-state index is 0.408. The van der Waals surface area contributed by atoms with E-state index in [-0.39, 0.29) is 0 Å². The van der Waals surface area contributed by atoms with Gasteiger partial charge in [0.2, 0.25) is 0 Å². The van der Waals surface area contributed by atoms with Gasteiger partial charge in [0.25, 0.3) is 0 Å². The standard InChI is InChI=1S/C4H8N2S4/c1-2-6-4(8)10-9-3(5)7/h2H2,1H3,(H2,5,7)(H,6,8). The molecule has 0 saturated carbocycles. The predicted molar refractivity (Wildman–Crippen MR) is 58.2 cm³/mol. The number of hydrogen-bond acceptors (Lipinski definition) is 4. The van der Waals surface area contributed by atoms with Crippen LogP contribution in [-0.2, 0) is 0 Å². The number of nitrogens with one attached hydrogen (secondary N) is 1. The van der Waals surface area contributed by atoms with Crippen LogP contribution in [0.1, 0.15) is 6.92 Å². The van der Waals surface area contributed by atoms with Gasteiger partial charge in [-0.15, -0.1) is 0 Å². The Kier molecular flexibility index (Phi) is 6.50. The van der Waals surface area contributed by atoms with E-state index >= 15 is 0 Å². The first-order valence-corrected chi connectivity index (χ1v) is 5.55. The van der Waals surface area contributed by atoms with Crippen molar-refractivity contribution in [3.05, 3.63) is 0 Å². The van der Waals surface area contributed by atoms with E-state index in [4.69, 9.17) is 18.0 Å². The van der Waals surface area contributed by atoms with Crippen LogP contribution in [-0.4, -0.2) is 15.2 Å². The highest BCUT2D eigenvalue weighted by Gasteiger charge is 1.96. The first kappa shape index (κ1) is 10.5. The number of hydrogen-bond donors (Lipinski definition) is 2. The van der Waals surface area contributed by atoms with Crippen LogP contribution in [0.3, 0.4) is 0 Å². The molecule has 0 amide bonds. The third-order valence-corrected chi connectivity index (χ3v) is 3.63. The molecule has 0 aromatic heterocycles. The smallest absolute Gasteiger partial charge is 0.144 e. The lowest BCUT2D eigenvalue weighted by Crippen LogP contribution is -2.16. The van der Waals surface area contributed by atoms with Crippen LogP contribution >= 0.6 is 46.0 Å². The maximum Gasteiger partial charge on any atom is 0.144 e. The highest BCUT2D eigenvalue weighted by atomic mass is 33.1. The first-order valence-electron chi connectivity index (χ1n) is 2.58. The van der Waals surface area contributed by atoms with E-state index < -0.39 is 0 Å². The Labute approximate surface area is 79.1 Å². The van der Waals surface area contributed by atoms with Crippen molar-refractivity contribution in [3.63, 3.8) is 0 Å². The highest BCUT2D eigenvalue weighted by molar-refractivity contribution is 8.89. The van der Waals surface area contributed by atoms with E-state index in [1.165, 1.54) is 21.6 Å². The quantitative estimate of drug-likeness (QED) is 0.507. The summed E-state index contributed by atoms with van der Waals surface area (Å²) in [6.07, 6.45) is 0. The van der Waals surface area contributed by atoms with Crippen molar-refractivity contribution in [2.45, 2.75) is 6.92 Å². The molecule has 0 aliphatic heterocycles. The zero-order chi connectivity index (χ0) is 7.98. The lowest BCUT2D eigenvalue weighted by atomic mass is 10.8. The minimum Gasteiger partial charge on any atom is -0.384 e. The number of nitrogens with two attached hydrogens (primary N) is 1. The van der Waals surface area contributed by atoms with E-state index in [9.17, 15) is 0 Å². The molecule has 0 aliphatic carbocycles. The SMILES string of the molecule is CCNC(=S)SSC(N)=S. The van der Waals surface area contributed by atoms with Gasteiger partial charge in [-0.05, 0) is 28.5 Å². The molecule has 0 heterocycles. The van der Waals surface area contributed by atoms with Crippen molar-refractivity contribution in [3.8, 4) is 0 Å². The van der Waals surface area contributed by atoms with Crippen LogP contribution in [0.4, 0.5) is 0 Å². The van der Waals surface area contributed by atoms with Crippen LogP contribution in [0.25, 0.3) is 0 Å². The molecule has 2 nitrogen and oxygen atoms in total. The van der Waals surface area contributed by atoms with Crippen molar-refractivity contribution in [2.24, 2.45) is 5.73 Å². The van der Waals surface area contributed by atoms with Gasteiger partial charge in [0, 0.05) is 6.54 Å². The molecule has 58 valence electrons. The summed E-state index contributed by atoms with van der Waals surface area (Å²) in [5.74, 6) is 0. The predicted octanol–water partition coefficient (Wildman–Crippen LogP) is 1.51. The number of thiocarbonyl (C=S) groups is 2. The molecular formula is C4H8N2S4. The second-order valence-electron chi connectivity index (χ2n) is 1.30. The lowest BCUT2D eigenvalue weighted by molar-refractivity contribution is 0.996. The maximum atomic E-state index is 5.22. The Morgan fingerprint density at radius 3 is 2.50 bits per heavy atom. The molecule has 0 aromatic carbocycles. The van der Waals surface area contributed by atoms with E-state index in [0.717, 1.165) is 10.9 Å². The highest BCUT2D eigenvalue weighted by Crippen LogP contribution is 2.21. The average Bonchev–Trinajstić information content (AvgIpc) is 1.85. The first-order chi connectivity index (χ1) is 4.66. The monoisotopic (exact) mass is 212 g/mol. The van der Waals surface area contributed by atoms with Crippen LogP contribution in [0.15, 0.2) is 0 Å². The molecule has 10 heavy (non-hydrogen) atoms. The van der Waals surface area contributed by atoms with Crippen LogP contribution in [0.5, 0.6) is 0 Å². The molecule has 0 aliphatic rings. The molecule has 0 bridgehead atoms. The number of rotatable bonds is 1. The van der Waals surface area contributed by atoms with Crippen molar-refractivity contribution in [1.29, 1.82) is 0 Å². The largest absolute Gasteiger partial charge is 0.384 e. The summed E-state index contributed by atoms with van der Waals surface area (Å²) in [6.45, 7) is 2.82. The summed E-state index contributed by atoms with van der Waals surface area (Å²) >= 11 is 9.52. The Bertz CT molecular complexity index is 135. The summed E-state index contributed by atoms with van der Waals surface area (Å²) in [7, 11) is 2.68. The van der Waals surface area contributed by atoms with Gasteiger partial charge in [-0.3, -0.25) is 0 Å². The molecule has 0 atom stereocenters. The van der Waals surface area contributed by atoms with E-state index in [2.05, 4.69) is 17.5 Å². The topological polar surface area (TPSA) is 38.0 Å². The summed E-state index contributed by atoms with van der Waals surface area (Å²) in [6, 6.07) is 0. The fourth-order valence-corrected chi connectivity index (χ4v) is 2.02. The van der Waals surface area contributed by atoms with Crippen molar-refractivity contribution >= 4 is 54.7 Å². The molecule has 0 unspecified atom stereocenters. The van der Waals surface area contributed by atoms with Crippen LogP contribution in [0.2, 0.25) is 0 Å². The molecule has 0 saturated heterocycles.